The van der Waals surface area contributed by atoms with Gasteiger partial charge >= 0.3 is 5.97 Å². The van der Waals surface area contributed by atoms with Crippen LogP contribution in [0.2, 0.25) is 0 Å². The van der Waals surface area contributed by atoms with Crippen molar-refractivity contribution in [1.29, 1.82) is 0 Å². The van der Waals surface area contributed by atoms with Crippen molar-refractivity contribution in [2.75, 3.05) is 13.2 Å². The lowest BCUT2D eigenvalue weighted by molar-refractivity contribution is -0.143. The Balaban J connectivity index is 2.31. The number of carbonyl (C=O) groups excluding carboxylic acids is 1. The minimum atomic E-state index is -1.11. The molecule has 6 heteroatoms. The molecule has 0 unspecified atom stereocenters. The number of aliphatic hydroxyl groups is 1. The van der Waals surface area contributed by atoms with Gasteiger partial charge in [-0.25, -0.2) is 4.79 Å². The molecule has 1 aromatic carbocycles. The van der Waals surface area contributed by atoms with Crippen LogP contribution in [0.3, 0.4) is 0 Å². The fourth-order valence-electron chi connectivity index (χ4n) is 1.32. The van der Waals surface area contributed by atoms with Gasteiger partial charge in [-0.3, -0.25) is 4.79 Å². The molecule has 1 amide bonds. The fourth-order valence-corrected chi connectivity index (χ4v) is 1.32. The van der Waals surface area contributed by atoms with E-state index in [0.29, 0.717) is 6.54 Å². The molecule has 0 fully saturated rings. The van der Waals surface area contributed by atoms with E-state index < -0.39 is 12.6 Å². The average Bonchev–Trinajstić information content (AvgIpc) is 2.36. The Labute approximate surface area is 104 Å². The number of hydrogen-bond donors (Lipinski definition) is 3. The maximum absolute atomic E-state index is 11.3. The molecule has 18 heavy (non-hydrogen) atoms. The summed E-state index contributed by atoms with van der Waals surface area (Å²) in [7, 11) is 0. The van der Waals surface area contributed by atoms with Crippen molar-refractivity contribution in [2.24, 2.45) is 0 Å². The van der Waals surface area contributed by atoms with E-state index in [4.69, 9.17) is 10.2 Å². The van der Waals surface area contributed by atoms with Crippen molar-refractivity contribution in [3.05, 3.63) is 35.4 Å². The normalized spacial score (nSPS) is 10.1. The Morgan fingerprint density at radius 2 is 1.94 bits per heavy atom. The van der Waals surface area contributed by atoms with Crippen LogP contribution in [0, 0.1) is 0 Å². The number of aliphatic hydroxyl groups excluding tert-OH is 1. The first kappa shape index (κ1) is 14.1. The molecule has 0 radical (unpaired) electrons. The first-order valence-corrected chi connectivity index (χ1v) is 5.36. The van der Waals surface area contributed by atoms with Crippen LogP contribution in [-0.2, 0) is 27.5 Å². The summed E-state index contributed by atoms with van der Waals surface area (Å²) in [4.78, 5) is 21.4. The topological polar surface area (TPSA) is 95.9 Å². The number of carbonyl (C=O) groups is 2. The van der Waals surface area contributed by atoms with Gasteiger partial charge in [-0.1, -0.05) is 24.3 Å². The van der Waals surface area contributed by atoms with Crippen LogP contribution in [0.5, 0.6) is 0 Å². The quantitative estimate of drug-likeness (QED) is 0.630. The van der Waals surface area contributed by atoms with E-state index in [1.807, 2.05) is 6.07 Å². The smallest absolute Gasteiger partial charge is 0.329 e. The van der Waals surface area contributed by atoms with E-state index in [1.54, 1.807) is 18.2 Å². The molecule has 0 aliphatic heterocycles. The number of rotatable bonds is 7. The number of ether oxygens (including phenoxy) is 1. The van der Waals surface area contributed by atoms with E-state index in [0.717, 1.165) is 11.1 Å². The van der Waals surface area contributed by atoms with Gasteiger partial charge in [-0.05, 0) is 11.1 Å². The van der Waals surface area contributed by atoms with Crippen LogP contribution in [-0.4, -0.2) is 35.3 Å². The molecule has 0 atom stereocenters. The van der Waals surface area contributed by atoms with Crippen molar-refractivity contribution < 1.29 is 24.5 Å². The molecular formula is C12H15NO5. The molecular weight excluding hydrogens is 238 g/mol. The van der Waals surface area contributed by atoms with Crippen LogP contribution < -0.4 is 5.32 Å². The summed E-state index contributed by atoms with van der Waals surface area (Å²) in [5.41, 5.74) is 1.62. The SMILES string of the molecule is O=C(O)COCC(=O)NCc1cccc(CO)c1. The largest absolute Gasteiger partial charge is 0.480 e. The van der Waals surface area contributed by atoms with Crippen molar-refractivity contribution in [2.45, 2.75) is 13.2 Å². The van der Waals surface area contributed by atoms with E-state index in [2.05, 4.69) is 10.1 Å². The molecule has 0 saturated heterocycles. The summed E-state index contributed by atoms with van der Waals surface area (Å²) in [5.74, 6) is -1.50. The first-order chi connectivity index (χ1) is 8.61. The van der Waals surface area contributed by atoms with Crippen molar-refractivity contribution in [3.8, 4) is 0 Å². The third kappa shape index (κ3) is 5.42. The van der Waals surface area contributed by atoms with Gasteiger partial charge in [0.15, 0.2) is 0 Å². The van der Waals surface area contributed by atoms with Crippen LogP contribution in [0.25, 0.3) is 0 Å². The lowest BCUT2D eigenvalue weighted by atomic mass is 10.1. The highest BCUT2D eigenvalue weighted by Gasteiger charge is 2.03. The highest BCUT2D eigenvalue weighted by molar-refractivity contribution is 5.77. The Bertz CT molecular complexity index is 419. The zero-order chi connectivity index (χ0) is 13.4. The van der Waals surface area contributed by atoms with Gasteiger partial charge in [0.2, 0.25) is 5.91 Å². The third-order valence-corrected chi connectivity index (χ3v) is 2.12. The minimum absolute atomic E-state index is 0.0521. The number of benzene rings is 1. The number of hydrogen-bond acceptors (Lipinski definition) is 4. The van der Waals surface area contributed by atoms with Crippen molar-refractivity contribution in [3.63, 3.8) is 0 Å². The van der Waals surface area contributed by atoms with Gasteiger partial charge in [0.25, 0.3) is 0 Å². The molecule has 0 bridgehead atoms. The summed E-state index contributed by atoms with van der Waals surface area (Å²) in [6.45, 7) is -0.522. The molecule has 0 aliphatic rings. The van der Waals surface area contributed by atoms with Crippen LogP contribution in [0.4, 0.5) is 0 Å². The van der Waals surface area contributed by atoms with E-state index >= 15 is 0 Å². The van der Waals surface area contributed by atoms with E-state index in [-0.39, 0.29) is 19.1 Å². The van der Waals surface area contributed by atoms with E-state index in [1.165, 1.54) is 0 Å². The maximum Gasteiger partial charge on any atom is 0.329 e. The number of amides is 1. The van der Waals surface area contributed by atoms with Gasteiger partial charge in [0, 0.05) is 6.54 Å². The Morgan fingerprint density at radius 1 is 1.22 bits per heavy atom. The standard InChI is InChI=1S/C12H15NO5/c14-6-10-3-1-2-9(4-10)5-13-11(15)7-18-8-12(16)17/h1-4,14H,5-8H2,(H,13,15)(H,16,17). The van der Waals surface area contributed by atoms with Crippen molar-refractivity contribution in [1.82, 2.24) is 5.32 Å². The monoisotopic (exact) mass is 253 g/mol. The number of aliphatic carboxylic acids is 1. The second-order valence-corrected chi connectivity index (χ2v) is 3.64. The predicted octanol–water partition coefficient (Wildman–Crippen LogP) is -0.104. The first-order valence-electron chi connectivity index (χ1n) is 5.36. The molecule has 98 valence electrons. The number of carboxylic acids is 1. The zero-order valence-electron chi connectivity index (χ0n) is 9.76. The number of nitrogens with one attached hydrogen (secondary N) is 1. The Morgan fingerprint density at radius 3 is 2.61 bits per heavy atom. The van der Waals surface area contributed by atoms with Gasteiger partial charge < -0.3 is 20.3 Å². The highest BCUT2D eigenvalue weighted by atomic mass is 16.5. The maximum atomic E-state index is 11.3. The van der Waals surface area contributed by atoms with Crippen LogP contribution in [0.15, 0.2) is 24.3 Å². The summed E-state index contributed by atoms with van der Waals surface area (Å²) >= 11 is 0. The highest BCUT2D eigenvalue weighted by Crippen LogP contribution is 2.04. The van der Waals surface area contributed by atoms with Gasteiger partial charge in [-0.2, -0.15) is 0 Å². The molecule has 0 aromatic heterocycles. The lowest BCUT2D eigenvalue weighted by Crippen LogP contribution is -2.28. The molecule has 0 heterocycles. The Hall–Kier alpha value is -1.92. The van der Waals surface area contributed by atoms with Gasteiger partial charge in [-0.15, -0.1) is 0 Å². The molecule has 0 aliphatic carbocycles. The zero-order valence-corrected chi connectivity index (χ0v) is 9.76. The van der Waals surface area contributed by atoms with Crippen molar-refractivity contribution >= 4 is 11.9 Å². The molecule has 0 saturated carbocycles. The minimum Gasteiger partial charge on any atom is -0.480 e. The second kappa shape index (κ2) is 7.41. The lowest BCUT2D eigenvalue weighted by Gasteiger charge is -2.06. The van der Waals surface area contributed by atoms with Gasteiger partial charge in [0.05, 0.1) is 6.61 Å². The molecule has 0 spiro atoms. The van der Waals surface area contributed by atoms with Crippen LogP contribution in [0.1, 0.15) is 11.1 Å². The number of carboxylic acid groups (broad SMARTS) is 1. The van der Waals surface area contributed by atoms with E-state index in [9.17, 15) is 9.59 Å². The average molecular weight is 253 g/mol. The summed E-state index contributed by atoms with van der Waals surface area (Å²) in [6.07, 6.45) is 0. The molecule has 3 N–H and O–H groups in total. The second-order valence-electron chi connectivity index (χ2n) is 3.64. The summed E-state index contributed by atoms with van der Waals surface area (Å²) < 4.78 is 4.64. The summed E-state index contributed by atoms with van der Waals surface area (Å²) in [6, 6.07) is 7.16. The fraction of sp³-hybridized carbons (Fsp3) is 0.333. The Kier molecular flexibility index (Phi) is 5.83. The molecule has 1 rings (SSSR count). The predicted molar refractivity (Wildman–Crippen MR) is 62.7 cm³/mol. The summed E-state index contributed by atoms with van der Waals surface area (Å²) in [5, 5.41) is 19.8. The van der Waals surface area contributed by atoms with Gasteiger partial charge in [0.1, 0.15) is 13.2 Å². The molecule has 6 nitrogen and oxygen atoms in total. The van der Waals surface area contributed by atoms with Crippen LogP contribution >= 0.6 is 0 Å². The third-order valence-electron chi connectivity index (χ3n) is 2.12. The molecule has 1 aromatic rings.